The number of hydrogen-bond donors (Lipinski definition) is 1. The minimum absolute atomic E-state index is 0.0518. The van der Waals surface area contributed by atoms with Gasteiger partial charge in [0.25, 0.3) is 10.0 Å². The Labute approximate surface area is 249 Å². The topological polar surface area (TPSA) is 86.8 Å². The second-order valence-corrected chi connectivity index (χ2v) is 12.7. The molecule has 0 aliphatic rings. The van der Waals surface area contributed by atoms with Gasteiger partial charge in [0, 0.05) is 17.6 Å². The maximum atomic E-state index is 14.2. The first-order valence-electron chi connectivity index (χ1n) is 13.9. The van der Waals surface area contributed by atoms with Gasteiger partial charge in [0.15, 0.2) is 0 Å². The Balaban J connectivity index is 2.10. The fraction of sp³-hybridized carbons (Fsp3) is 0.375. The van der Waals surface area contributed by atoms with Gasteiger partial charge in [-0.25, -0.2) is 8.42 Å². The lowest BCUT2D eigenvalue weighted by atomic mass is 10.1. The zero-order valence-electron chi connectivity index (χ0n) is 24.6. The molecule has 41 heavy (non-hydrogen) atoms. The van der Waals surface area contributed by atoms with Crippen LogP contribution < -0.4 is 9.62 Å². The summed E-state index contributed by atoms with van der Waals surface area (Å²) in [5, 5.41) is 3.44. The van der Waals surface area contributed by atoms with E-state index in [2.05, 4.69) is 5.32 Å². The average molecular weight is 598 g/mol. The van der Waals surface area contributed by atoms with Crippen LogP contribution in [0.2, 0.25) is 5.02 Å². The molecular weight excluding hydrogens is 558 g/mol. The Morgan fingerprint density at radius 1 is 0.902 bits per heavy atom. The molecule has 1 N–H and O–H groups in total. The molecule has 9 heteroatoms. The molecule has 3 aromatic rings. The lowest BCUT2D eigenvalue weighted by Gasteiger charge is -2.34. The molecule has 0 spiro atoms. The number of aryl methyl sites for hydroxylation is 3. The van der Waals surface area contributed by atoms with E-state index in [1.807, 2.05) is 59.7 Å². The van der Waals surface area contributed by atoms with Crippen molar-refractivity contribution in [1.82, 2.24) is 10.2 Å². The summed E-state index contributed by atoms with van der Waals surface area (Å²) in [6, 6.07) is 18.2. The van der Waals surface area contributed by atoms with Crippen LogP contribution >= 0.6 is 11.6 Å². The van der Waals surface area contributed by atoms with Crippen LogP contribution in [0.3, 0.4) is 0 Å². The SMILES string of the molecule is CC[C@H](C(=O)N[C@@H](C)CC)N(Cc1ccccc1Cl)C(=O)CN(c1ccc(C)cc1C)S(=O)(=O)c1ccc(C)cc1. The highest BCUT2D eigenvalue weighted by molar-refractivity contribution is 7.92. The third-order valence-electron chi connectivity index (χ3n) is 7.19. The van der Waals surface area contributed by atoms with E-state index >= 15 is 0 Å². The van der Waals surface area contributed by atoms with Crippen molar-refractivity contribution in [3.63, 3.8) is 0 Å². The van der Waals surface area contributed by atoms with Crippen LogP contribution in [0, 0.1) is 20.8 Å². The lowest BCUT2D eigenvalue weighted by molar-refractivity contribution is -0.140. The maximum Gasteiger partial charge on any atom is 0.264 e. The van der Waals surface area contributed by atoms with E-state index in [0.29, 0.717) is 28.3 Å². The van der Waals surface area contributed by atoms with Gasteiger partial charge in [0.2, 0.25) is 11.8 Å². The second-order valence-electron chi connectivity index (χ2n) is 10.5. The number of anilines is 1. The van der Waals surface area contributed by atoms with Crippen molar-refractivity contribution in [2.24, 2.45) is 0 Å². The molecule has 0 unspecified atom stereocenters. The standard InChI is InChI=1S/C32H40ClN3O4S/c1-7-25(6)34-32(38)29(8-2)35(20-26-11-9-10-12-28(26)33)31(37)21-36(30-18-15-23(4)19-24(30)5)41(39,40)27-16-13-22(3)14-17-27/h9-19,25,29H,7-8,20-21H2,1-6H3,(H,34,38)/t25-,29+/m0/s1. The fourth-order valence-electron chi connectivity index (χ4n) is 4.61. The van der Waals surface area contributed by atoms with E-state index in [1.54, 1.807) is 48.5 Å². The number of halogens is 1. The Hall–Kier alpha value is -3.36. The molecule has 3 rings (SSSR count). The van der Waals surface area contributed by atoms with E-state index in [-0.39, 0.29) is 23.4 Å². The number of amides is 2. The molecule has 3 aromatic carbocycles. The number of hydrogen-bond acceptors (Lipinski definition) is 4. The molecule has 7 nitrogen and oxygen atoms in total. The Kier molecular flexibility index (Phi) is 11.0. The summed E-state index contributed by atoms with van der Waals surface area (Å²) in [7, 11) is -4.13. The molecule has 0 saturated heterocycles. The van der Waals surface area contributed by atoms with Crippen molar-refractivity contribution in [1.29, 1.82) is 0 Å². The van der Waals surface area contributed by atoms with Crippen molar-refractivity contribution >= 4 is 39.1 Å². The first-order chi connectivity index (χ1) is 19.4. The van der Waals surface area contributed by atoms with Crippen molar-refractivity contribution in [2.75, 3.05) is 10.8 Å². The summed E-state index contributed by atoms with van der Waals surface area (Å²) in [4.78, 5) is 29.1. The molecule has 0 fully saturated rings. The number of carbonyl (C=O) groups is 2. The summed E-state index contributed by atoms with van der Waals surface area (Å²) >= 11 is 6.47. The van der Waals surface area contributed by atoms with E-state index in [9.17, 15) is 18.0 Å². The van der Waals surface area contributed by atoms with Gasteiger partial charge in [-0.2, -0.15) is 0 Å². The van der Waals surface area contributed by atoms with Crippen LogP contribution in [0.25, 0.3) is 0 Å². The van der Waals surface area contributed by atoms with Gasteiger partial charge in [-0.1, -0.05) is 79.0 Å². The molecule has 0 bridgehead atoms. The number of carbonyl (C=O) groups excluding carboxylic acids is 2. The number of benzene rings is 3. The Bertz CT molecular complexity index is 1470. The predicted molar refractivity (Wildman–Crippen MR) is 166 cm³/mol. The molecule has 0 aromatic heterocycles. The zero-order chi connectivity index (χ0) is 30.3. The minimum Gasteiger partial charge on any atom is -0.352 e. The predicted octanol–water partition coefficient (Wildman–Crippen LogP) is 6.18. The molecule has 0 heterocycles. The number of nitrogens with zero attached hydrogens (tertiary/aromatic N) is 2. The van der Waals surface area contributed by atoms with Crippen LogP contribution in [-0.4, -0.2) is 43.8 Å². The van der Waals surface area contributed by atoms with Gasteiger partial charge >= 0.3 is 0 Å². The maximum absolute atomic E-state index is 14.2. The molecule has 0 aliphatic carbocycles. The molecular formula is C32H40ClN3O4S. The normalized spacial score (nSPS) is 12.9. The smallest absolute Gasteiger partial charge is 0.264 e. The van der Waals surface area contributed by atoms with E-state index in [0.717, 1.165) is 21.9 Å². The molecule has 2 amide bonds. The van der Waals surface area contributed by atoms with E-state index in [1.165, 1.54) is 4.90 Å². The van der Waals surface area contributed by atoms with E-state index in [4.69, 9.17) is 11.6 Å². The van der Waals surface area contributed by atoms with Gasteiger partial charge in [-0.15, -0.1) is 0 Å². The summed E-state index contributed by atoms with van der Waals surface area (Å²) < 4.78 is 29.3. The second kappa shape index (κ2) is 14.0. The fourth-order valence-corrected chi connectivity index (χ4v) is 6.28. The van der Waals surface area contributed by atoms with Gasteiger partial charge in [0.05, 0.1) is 10.6 Å². The zero-order valence-corrected chi connectivity index (χ0v) is 26.2. The van der Waals surface area contributed by atoms with Crippen molar-refractivity contribution in [3.05, 3.63) is 94.0 Å². The van der Waals surface area contributed by atoms with Crippen LogP contribution in [0.5, 0.6) is 0 Å². The summed E-state index contributed by atoms with van der Waals surface area (Å²) in [6.07, 6.45) is 1.07. The minimum atomic E-state index is -4.13. The number of rotatable bonds is 12. The van der Waals surface area contributed by atoms with Gasteiger partial charge < -0.3 is 10.2 Å². The summed E-state index contributed by atoms with van der Waals surface area (Å²) in [6.45, 7) is 10.9. The first-order valence-corrected chi connectivity index (χ1v) is 15.7. The highest BCUT2D eigenvalue weighted by Gasteiger charge is 2.34. The number of nitrogens with one attached hydrogen (secondary N) is 1. The van der Waals surface area contributed by atoms with Crippen molar-refractivity contribution in [2.45, 2.75) is 77.9 Å². The van der Waals surface area contributed by atoms with Gasteiger partial charge in [-0.05, 0) is 75.9 Å². The highest BCUT2D eigenvalue weighted by Crippen LogP contribution is 2.29. The van der Waals surface area contributed by atoms with Gasteiger partial charge in [0.1, 0.15) is 12.6 Å². The van der Waals surface area contributed by atoms with Crippen molar-refractivity contribution in [3.8, 4) is 0 Å². The summed E-state index contributed by atoms with van der Waals surface area (Å²) in [5.74, 6) is -0.798. The van der Waals surface area contributed by atoms with E-state index < -0.39 is 28.5 Å². The van der Waals surface area contributed by atoms with Crippen LogP contribution in [-0.2, 0) is 26.2 Å². The largest absolute Gasteiger partial charge is 0.352 e. The quantitative estimate of drug-likeness (QED) is 0.270. The molecule has 0 aliphatic heterocycles. The van der Waals surface area contributed by atoms with Crippen molar-refractivity contribution < 1.29 is 18.0 Å². The average Bonchev–Trinajstić information content (AvgIpc) is 2.93. The first kappa shape index (κ1) is 32.2. The number of sulfonamides is 1. The Morgan fingerprint density at radius 2 is 1.54 bits per heavy atom. The Morgan fingerprint density at radius 3 is 2.12 bits per heavy atom. The van der Waals surface area contributed by atoms with Crippen LogP contribution in [0.4, 0.5) is 5.69 Å². The summed E-state index contributed by atoms with van der Waals surface area (Å²) in [5.41, 5.74) is 3.67. The molecule has 220 valence electrons. The van der Waals surface area contributed by atoms with Crippen LogP contribution in [0.1, 0.15) is 55.9 Å². The third-order valence-corrected chi connectivity index (χ3v) is 9.34. The molecule has 2 atom stereocenters. The monoisotopic (exact) mass is 597 g/mol. The lowest BCUT2D eigenvalue weighted by Crippen LogP contribution is -2.53. The third kappa shape index (κ3) is 7.89. The molecule has 0 saturated carbocycles. The molecule has 0 radical (unpaired) electrons. The van der Waals surface area contributed by atoms with Crippen LogP contribution in [0.15, 0.2) is 71.6 Å². The van der Waals surface area contributed by atoms with Gasteiger partial charge in [-0.3, -0.25) is 13.9 Å². The highest BCUT2D eigenvalue weighted by atomic mass is 35.5.